The van der Waals surface area contributed by atoms with Crippen molar-refractivity contribution in [3.8, 4) is 0 Å². The molecule has 1 N–H and O–H groups in total. The number of hydrogen-bond acceptors (Lipinski definition) is 3. The Hall–Kier alpha value is -1.56. The average molecular weight is 542 g/mol. The van der Waals surface area contributed by atoms with E-state index >= 15 is 0 Å². The van der Waals surface area contributed by atoms with Crippen LogP contribution in [0.15, 0.2) is 29.3 Å². The van der Waals surface area contributed by atoms with Crippen LogP contribution in [-0.4, -0.2) is 69.1 Å². The molecule has 0 unspecified atom stereocenters. The first-order valence-electron chi connectivity index (χ1n) is 9.60. The molecule has 0 aliphatic heterocycles. The van der Waals surface area contributed by atoms with Gasteiger partial charge in [-0.25, -0.2) is 4.99 Å². The molecule has 1 amide bonds. The number of nitrogens with one attached hydrogen (secondary N) is 1. The first-order chi connectivity index (χ1) is 13.7. The van der Waals surface area contributed by atoms with Gasteiger partial charge in [0.2, 0.25) is 5.91 Å². The Balaban J connectivity index is 0.00000450. The summed E-state index contributed by atoms with van der Waals surface area (Å²) in [5.41, 5.74) is -0.263. The number of amides is 1. The lowest BCUT2D eigenvalue weighted by molar-refractivity contribution is -0.137. The maximum Gasteiger partial charge on any atom is 0.416 e. The summed E-state index contributed by atoms with van der Waals surface area (Å²) in [7, 11) is 5.11. The highest BCUT2D eigenvalue weighted by molar-refractivity contribution is 14.0. The monoisotopic (exact) mass is 542 g/mol. The van der Waals surface area contributed by atoms with Gasteiger partial charge in [0.1, 0.15) is 0 Å². The molecule has 0 spiro atoms. The molecule has 1 aromatic rings. The Morgan fingerprint density at radius 2 is 1.97 bits per heavy atom. The lowest BCUT2D eigenvalue weighted by Crippen LogP contribution is -2.44. The fourth-order valence-corrected chi connectivity index (χ4v) is 2.48. The summed E-state index contributed by atoms with van der Waals surface area (Å²) in [6, 6.07) is 5.09. The van der Waals surface area contributed by atoms with Crippen LogP contribution in [0.25, 0.3) is 0 Å². The lowest BCUT2D eigenvalue weighted by Gasteiger charge is -2.23. The second kappa shape index (κ2) is 12.3. The van der Waals surface area contributed by atoms with E-state index in [2.05, 4.69) is 10.3 Å². The number of benzene rings is 1. The largest absolute Gasteiger partial charge is 0.416 e. The maximum atomic E-state index is 12.9. The average Bonchev–Trinajstić information content (AvgIpc) is 3.48. The van der Waals surface area contributed by atoms with E-state index in [4.69, 9.17) is 4.74 Å². The van der Waals surface area contributed by atoms with Crippen LogP contribution in [0.3, 0.4) is 0 Å². The molecular formula is C20H30F3IN4O2. The number of likely N-dealkylation sites (N-methyl/N-ethyl adjacent to an activating group) is 2. The molecule has 0 heterocycles. The van der Waals surface area contributed by atoms with Gasteiger partial charge in [0.05, 0.1) is 25.3 Å². The zero-order chi connectivity index (χ0) is 21.4. The molecular weight excluding hydrogens is 512 g/mol. The van der Waals surface area contributed by atoms with Crippen LogP contribution in [-0.2, 0) is 22.3 Å². The van der Waals surface area contributed by atoms with Gasteiger partial charge in [-0.3, -0.25) is 4.79 Å². The SMILES string of the molecule is CN(C)C(=O)CNC(=NCc1cccc(C(F)(F)F)c1)N(C)CCOCC1CC1.I. The highest BCUT2D eigenvalue weighted by Crippen LogP contribution is 2.30. The molecule has 30 heavy (non-hydrogen) atoms. The minimum Gasteiger partial charge on any atom is -0.379 e. The van der Waals surface area contributed by atoms with E-state index in [1.165, 1.54) is 23.8 Å². The number of halogens is 4. The van der Waals surface area contributed by atoms with Crippen molar-refractivity contribution in [3.63, 3.8) is 0 Å². The van der Waals surface area contributed by atoms with E-state index in [9.17, 15) is 18.0 Å². The topological polar surface area (TPSA) is 57.2 Å². The molecule has 1 aromatic carbocycles. The van der Waals surface area contributed by atoms with Crippen LogP contribution in [0.1, 0.15) is 24.0 Å². The van der Waals surface area contributed by atoms with Crippen LogP contribution in [0.4, 0.5) is 13.2 Å². The predicted molar refractivity (Wildman–Crippen MR) is 121 cm³/mol. The number of rotatable bonds is 9. The van der Waals surface area contributed by atoms with Gasteiger partial charge in [-0.2, -0.15) is 13.2 Å². The molecule has 0 atom stereocenters. The second-order valence-corrected chi connectivity index (χ2v) is 7.42. The summed E-state index contributed by atoms with van der Waals surface area (Å²) in [6.07, 6.45) is -1.96. The molecule has 0 radical (unpaired) electrons. The predicted octanol–water partition coefficient (Wildman–Crippen LogP) is 3.22. The van der Waals surface area contributed by atoms with Crippen molar-refractivity contribution in [2.75, 3.05) is 47.4 Å². The van der Waals surface area contributed by atoms with Gasteiger partial charge in [0.25, 0.3) is 0 Å². The van der Waals surface area contributed by atoms with Gasteiger partial charge in [0.15, 0.2) is 5.96 Å². The van der Waals surface area contributed by atoms with Gasteiger partial charge in [-0.05, 0) is 36.5 Å². The Labute approximate surface area is 192 Å². The zero-order valence-electron chi connectivity index (χ0n) is 17.5. The van der Waals surface area contributed by atoms with Crippen molar-refractivity contribution in [2.45, 2.75) is 25.6 Å². The van der Waals surface area contributed by atoms with Crippen LogP contribution in [0.2, 0.25) is 0 Å². The summed E-state index contributed by atoms with van der Waals surface area (Å²) < 4.78 is 44.3. The van der Waals surface area contributed by atoms with Crippen molar-refractivity contribution in [1.82, 2.24) is 15.1 Å². The van der Waals surface area contributed by atoms with E-state index in [0.717, 1.165) is 18.7 Å². The number of hydrogen-bond donors (Lipinski definition) is 1. The summed E-state index contributed by atoms with van der Waals surface area (Å²) in [5.74, 6) is 0.980. The normalized spacial score (nSPS) is 14.1. The quantitative estimate of drug-likeness (QED) is 0.226. The van der Waals surface area contributed by atoms with Gasteiger partial charge in [-0.15, -0.1) is 24.0 Å². The molecule has 0 bridgehead atoms. The molecule has 1 aliphatic carbocycles. The molecule has 0 aromatic heterocycles. The second-order valence-electron chi connectivity index (χ2n) is 7.42. The first kappa shape index (κ1) is 26.5. The van der Waals surface area contributed by atoms with Crippen molar-refractivity contribution in [3.05, 3.63) is 35.4 Å². The van der Waals surface area contributed by atoms with Gasteiger partial charge < -0.3 is 19.9 Å². The molecule has 0 saturated heterocycles. The van der Waals surface area contributed by atoms with E-state index in [0.29, 0.717) is 30.6 Å². The van der Waals surface area contributed by atoms with Crippen molar-refractivity contribution in [1.29, 1.82) is 0 Å². The Morgan fingerprint density at radius 3 is 2.57 bits per heavy atom. The van der Waals surface area contributed by atoms with Crippen molar-refractivity contribution < 1.29 is 22.7 Å². The third-order valence-electron chi connectivity index (χ3n) is 4.55. The molecule has 6 nitrogen and oxygen atoms in total. The summed E-state index contributed by atoms with van der Waals surface area (Å²) in [5, 5.41) is 2.98. The van der Waals surface area contributed by atoms with E-state index < -0.39 is 11.7 Å². The van der Waals surface area contributed by atoms with Crippen LogP contribution < -0.4 is 5.32 Å². The smallest absolute Gasteiger partial charge is 0.379 e. The third kappa shape index (κ3) is 9.50. The molecule has 10 heteroatoms. The molecule has 1 aliphatic rings. The van der Waals surface area contributed by atoms with Crippen LogP contribution in [0, 0.1) is 5.92 Å². The summed E-state index contributed by atoms with van der Waals surface area (Å²) >= 11 is 0. The first-order valence-corrected chi connectivity index (χ1v) is 9.60. The molecule has 1 fully saturated rings. The number of ether oxygens (including phenoxy) is 1. The number of carbonyl (C=O) groups is 1. The van der Waals surface area contributed by atoms with Crippen LogP contribution >= 0.6 is 24.0 Å². The van der Waals surface area contributed by atoms with E-state index in [1.54, 1.807) is 27.2 Å². The van der Waals surface area contributed by atoms with Crippen molar-refractivity contribution in [2.24, 2.45) is 10.9 Å². The van der Waals surface area contributed by atoms with Crippen molar-refractivity contribution >= 4 is 35.8 Å². The Kier molecular flexibility index (Phi) is 10.9. The fourth-order valence-electron chi connectivity index (χ4n) is 2.48. The highest BCUT2D eigenvalue weighted by atomic mass is 127. The standard InChI is InChI=1S/C20H29F3N4O2.HI/c1-26(2)18(28)13-25-19(27(3)9-10-29-14-15-7-8-15)24-12-16-5-4-6-17(11-16)20(21,22)23;/h4-6,11,15H,7-10,12-14H2,1-3H3,(H,24,25);1H. The highest BCUT2D eigenvalue weighted by Gasteiger charge is 2.30. The fraction of sp³-hybridized carbons (Fsp3) is 0.600. The number of guanidine groups is 1. The van der Waals surface area contributed by atoms with Gasteiger partial charge >= 0.3 is 6.18 Å². The van der Waals surface area contributed by atoms with Gasteiger partial charge in [0, 0.05) is 34.3 Å². The minimum atomic E-state index is -4.39. The molecule has 170 valence electrons. The summed E-state index contributed by atoms with van der Waals surface area (Å²) in [4.78, 5) is 19.6. The Bertz CT molecular complexity index is 710. The van der Waals surface area contributed by atoms with Gasteiger partial charge in [-0.1, -0.05) is 12.1 Å². The zero-order valence-corrected chi connectivity index (χ0v) is 19.9. The number of alkyl halides is 3. The third-order valence-corrected chi connectivity index (χ3v) is 4.55. The Morgan fingerprint density at radius 1 is 1.27 bits per heavy atom. The number of carbonyl (C=O) groups excluding carboxylic acids is 1. The maximum absolute atomic E-state index is 12.9. The molecule has 2 rings (SSSR count). The van der Waals surface area contributed by atoms with Crippen LogP contribution in [0.5, 0.6) is 0 Å². The lowest BCUT2D eigenvalue weighted by atomic mass is 10.1. The number of nitrogens with zero attached hydrogens (tertiary/aromatic N) is 3. The minimum absolute atomic E-state index is 0. The molecule has 1 saturated carbocycles. The van der Waals surface area contributed by atoms with E-state index in [1.807, 2.05) is 4.90 Å². The van der Waals surface area contributed by atoms with E-state index in [-0.39, 0.29) is 43.0 Å². The number of aliphatic imine (C=N–C) groups is 1. The summed E-state index contributed by atoms with van der Waals surface area (Å²) in [6.45, 7) is 1.92.